The van der Waals surface area contributed by atoms with Crippen LogP contribution in [0.1, 0.15) is 34.1 Å². The number of likely N-dealkylation sites (N-methyl/N-ethyl adjacent to an activating group) is 1. The maximum atomic E-state index is 9.28. The molecule has 0 spiro atoms. The van der Waals surface area contributed by atoms with Crippen LogP contribution in [-0.4, -0.2) is 36.2 Å². The Balaban J connectivity index is 4.14. The van der Waals surface area contributed by atoms with Crippen LogP contribution in [0.4, 0.5) is 0 Å². The van der Waals surface area contributed by atoms with Crippen LogP contribution in [0.25, 0.3) is 0 Å². The number of rotatable bonds is 7. The van der Waals surface area contributed by atoms with Crippen LogP contribution in [-0.2, 0) is 0 Å². The van der Waals surface area contributed by atoms with Gasteiger partial charge in [0.15, 0.2) is 0 Å². The summed E-state index contributed by atoms with van der Waals surface area (Å²) in [5, 5.41) is 9.28. The molecule has 0 rings (SSSR count). The van der Waals surface area contributed by atoms with E-state index in [0.29, 0.717) is 0 Å². The topological polar surface area (TPSA) is 23.5 Å². The minimum absolute atomic E-state index is 0.361. The number of hydrogen-bond donors (Lipinski definition) is 1. The lowest BCUT2D eigenvalue weighted by molar-refractivity contribution is 0.231. The second kappa shape index (κ2) is 9.20. The fourth-order valence-electron chi connectivity index (χ4n) is 1.51. The third-order valence-electron chi connectivity index (χ3n) is 2.63. The molecule has 2 heteroatoms. The number of hydrogen-bond acceptors (Lipinski definition) is 2. The molecule has 0 saturated heterocycles. The summed E-state index contributed by atoms with van der Waals surface area (Å²) in [6.07, 6.45) is 8.91. The molecule has 98 valence electrons. The lowest BCUT2D eigenvalue weighted by Gasteiger charge is -2.15. The molecule has 17 heavy (non-hydrogen) atoms. The first-order chi connectivity index (χ1) is 7.97. The summed E-state index contributed by atoms with van der Waals surface area (Å²) in [4.78, 5) is 2.32. The molecule has 0 aromatic carbocycles. The minimum Gasteiger partial charge on any atom is -0.389 e. The van der Waals surface area contributed by atoms with E-state index in [4.69, 9.17) is 0 Å². The van der Waals surface area contributed by atoms with E-state index in [0.717, 1.165) is 18.7 Å². The second-order valence-electron chi connectivity index (χ2n) is 4.72. The maximum Gasteiger partial charge on any atom is 0.0722 e. The van der Waals surface area contributed by atoms with Gasteiger partial charge in [-0.15, -0.1) is 0 Å². The molecule has 0 aliphatic heterocycles. The second-order valence-corrected chi connectivity index (χ2v) is 4.72. The van der Waals surface area contributed by atoms with E-state index < -0.39 is 0 Å². The molecule has 1 unspecified atom stereocenters. The fraction of sp³-hybridized carbons (Fsp3) is 0.600. The van der Waals surface area contributed by atoms with Gasteiger partial charge in [0.2, 0.25) is 0 Å². The van der Waals surface area contributed by atoms with Gasteiger partial charge in [0.1, 0.15) is 0 Å². The highest BCUT2D eigenvalue weighted by Gasteiger charge is 1.96. The molecule has 1 atom stereocenters. The van der Waals surface area contributed by atoms with E-state index >= 15 is 0 Å². The maximum absolute atomic E-state index is 9.28. The normalized spacial score (nSPS) is 15.9. The van der Waals surface area contributed by atoms with Gasteiger partial charge in [-0.2, -0.15) is 0 Å². The van der Waals surface area contributed by atoms with Gasteiger partial charge in [-0.1, -0.05) is 36.8 Å². The summed E-state index contributed by atoms with van der Waals surface area (Å²) in [5.41, 5.74) is 2.33. The van der Waals surface area contributed by atoms with Crippen LogP contribution in [0.2, 0.25) is 0 Å². The Hall–Kier alpha value is -0.860. The molecule has 0 fully saturated rings. The first-order valence-corrected chi connectivity index (χ1v) is 6.34. The number of nitrogens with zero attached hydrogens (tertiary/aromatic N) is 1. The van der Waals surface area contributed by atoms with Gasteiger partial charge in [0.25, 0.3) is 0 Å². The van der Waals surface area contributed by atoms with Crippen LogP contribution in [0.3, 0.4) is 0 Å². The lowest BCUT2D eigenvalue weighted by Crippen LogP contribution is -2.20. The van der Waals surface area contributed by atoms with Gasteiger partial charge in [0, 0.05) is 6.54 Å². The summed E-state index contributed by atoms with van der Waals surface area (Å²) >= 11 is 0. The summed E-state index contributed by atoms with van der Waals surface area (Å²) in [6, 6.07) is 0. The summed E-state index contributed by atoms with van der Waals surface area (Å²) in [5.74, 6) is 0. The quantitative estimate of drug-likeness (QED) is 0.688. The molecule has 0 bridgehead atoms. The largest absolute Gasteiger partial charge is 0.389 e. The Morgan fingerprint density at radius 3 is 2.35 bits per heavy atom. The molecule has 0 aromatic rings. The van der Waals surface area contributed by atoms with E-state index in [9.17, 15) is 5.11 Å². The highest BCUT2D eigenvalue weighted by Crippen LogP contribution is 2.01. The zero-order chi connectivity index (χ0) is 13.3. The van der Waals surface area contributed by atoms with Crippen molar-refractivity contribution in [2.24, 2.45) is 0 Å². The van der Waals surface area contributed by atoms with E-state index in [1.165, 1.54) is 12.0 Å². The number of aliphatic hydroxyl groups excluding tert-OH is 1. The third kappa shape index (κ3) is 8.90. The molecule has 2 nitrogen and oxygen atoms in total. The number of aliphatic hydroxyl groups is 1. The molecule has 0 amide bonds. The number of allylic oxidation sites excluding steroid dienone is 4. The van der Waals surface area contributed by atoms with Crippen molar-refractivity contribution in [1.82, 2.24) is 4.90 Å². The highest BCUT2D eigenvalue weighted by atomic mass is 16.3. The molecule has 0 saturated carbocycles. The molecule has 0 heterocycles. The van der Waals surface area contributed by atoms with Gasteiger partial charge < -0.3 is 10.0 Å². The first-order valence-electron chi connectivity index (χ1n) is 6.34. The van der Waals surface area contributed by atoms with Crippen molar-refractivity contribution >= 4 is 0 Å². The van der Waals surface area contributed by atoms with Crippen molar-refractivity contribution < 1.29 is 5.11 Å². The third-order valence-corrected chi connectivity index (χ3v) is 2.63. The molecule has 0 aliphatic rings. The van der Waals surface area contributed by atoms with E-state index in [-0.39, 0.29) is 6.10 Å². The Morgan fingerprint density at radius 1 is 1.24 bits per heavy atom. The van der Waals surface area contributed by atoms with Crippen molar-refractivity contribution in [3.05, 3.63) is 35.5 Å². The van der Waals surface area contributed by atoms with E-state index in [2.05, 4.69) is 31.9 Å². The fourth-order valence-corrected chi connectivity index (χ4v) is 1.51. The average Bonchev–Trinajstić information content (AvgIpc) is 2.24. The van der Waals surface area contributed by atoms with E-state index in [1.54, 1.807) is 6.92 Å². The molecule has 1 N–H and O–H groups in total. The molecular formula is C15H27NO. The molecular weight excluding hydrogens is 210 g/mol. The standard InChI is InChI=1S/C15H27NO/c1-6-11-16(5)12-13(2)9-7-8-10-14(3)15(4)17/h7-10,15,17H,6,11-12H2,1-5H3/b8-7-,13-9+,14-10+. The predicted molar refractivity (Wildman–Crippen MR) is 76.1 cm³/mol. The SMILES string of the molecule is CCCN(C)C/C(C)=C/C=C\C=C(/C)C(C)O. The van der Waals surface area contributed by atoms with Crippen LogP contribution in [0.15, 0.2) is 35.5 Å². The molecule has 0 radical (unpaired) electrons. The van der Waals surface area contributed by atoms with Crippen LogP contribution < -0.4 is 0 Å². The predicted octanol–water partition coefficient (Wildman–Crippen LogP) is 3.16. The van der Waals surface area contributed by atoms with Crippen molar-refractivity contribution in [3.8, 4) is 0 Å². The highest BCUT2D eigenvalue weighted by molar-refractivity contribution is 5.19. The Kier molecular flexibility index (Phi) is 8.73. The molecule has 0 aliphatic carbocycles. The van der Waals surface area contributed by atoms with Gasteiger partial charge in [-0.3, -0.25) is 0 Å². The Morgan fingerprint density at radius 2 is 1.82 bits per heavy atom. The Bertz CT molecular complexity index is 287. The smallest absolute Gasteiger partial charge is 0.0722 e. The van der Waals surface area contributed by atoms with Gasteiger partial charge in [0.05, 0.1) is 6.10 Å². The Labute approximate surface area is 106 Å². The zero-order valence-electron chi connectivity index (χ0n) is 11.9. The minimum atomic E-state index is -0.361. The van der Waals surface area contributed by atoms with Gasteiger partial charge in [-0.25, -0.2) is 0 Å². The van der Waals surface area contributed by atoms with Crippen molar-refractivity contribution in [2.75, 3.05) is 20.1 Å². The zero-order valence-corrected chi connectivity index (χ0v) is 11.9. The molecule has 0 aromatic heterocycles. The van der Waals surface area contributed by atoms with Crippen LogP contribution in [0, 0.1) is 0 Å². The van der Waals surface area contributed by atoms with E-state index in [1.807, 2.05) is 25.2 Å². The van der Waals surface area contributed by atoms with Crippen molar-refractivity contribution in [1.29, 1.82) is 0 Å². The summed E-state index contributed by atoms with van der Waals surface area (Å²) < 4.78 is 0. The van der Waals surface area contributed by atoms with Gasteiger partial charge in [-0.05, 0) is 46.4 Å². The first kappa shape index (κ1) is 16.1. The summed E-state index contributed by atoms with van der Waals surface area (Å²) in [7, 11) is 2.14. The van der Waals surface area contributed by atoms with Crippen molar-refractivity contribution in [3.63, 3.8) is 0 Å². The van der Waals surface area contributed by atoms with Crippen LogP contribution in [0.5, 0.6) is 0 Å². The average molecular weight is 237 g/mol. The lowest BCUT2D eigenvalue weighted by atomic mass is 10.2. The summed E-state index contributed by atoms with van der Waals surface area (Å²) in [6.45, 7) is 10.2. The monoisotopic (exact) mass is 237 g/mol. The van der Waals surface area contributed by atoms with Crippen LogP contribution >= 0.6 is 0 Å². The van der Waals surface area contributed by atoms with Crippen molar-refractivity contribution in [2.45, 2.75) is 40.2 Å². The van der Waals surface area contributed by atoms with Gasteiger partial charge >= 0.3 is 0 Å².